The fourth-order valence-corrected chi connectivity index (χ4v) is 3.79. The van der Waals surface area contributed by atoms with E-state index in [-0.39, 0.29) is 21.4 Å². The van der Waals surface area contributed by atoms with Crippen molar-refractivity contribution in [1.29, 1.82) is 0 Å². The Balaban J connectivity index is 2.41. The molecule has 2 aromatic rings. The van der Waals surface area contributed by atoms with Crippen molar-refractivity contribution in [3.63, 3.8) is 0 Å². The molecule has 3 nitrogen and oxygen atoms in total. The summed E-state index contributed by atoms with van der Waals surface area (Å²) in [5.41, 5.74) is 5.82. The van der Waals surface area contributed by atoms with E-state index >= 15 is 0 Å². The number of benzene rings is 2. The van der Waals surface area contributed by atoms with E-state index < -0.39 is 15.7 Å². The molecule has 0 aliphatic heterocycles. The molecule has 0 heterocycles. The van der Waals surface area contributed by atoms with E-state index in [2.05, 4.69) is 0 Å². The molecule has 2 rings (SSSR count). The Morgan fingerprint density at radius 2 is 1.80 bits per heavy atom. The first kappa shape index (κ1) is 15.1. The normalized spacial score (nSPS) is 11.6. The molecule has 0 unspecified atom stereocenters. The van der Waals surface area contributed by atoms with Crippen LogP contribution in [0.5, 0.6) is 0 Å². The zero-order chi connectivity index (χ0) is 14.9. The second kappa shape index (κ2) is 5.60. The molecule has 0 saturated heterocycles. The highest BCUT2D eigenvalue weighted by molar-refractivity contribution is 7.90. The maximum Gasteiger partial charge on any atom is 0.184 e. The summed E-state index contributed by atoms with van der Waals surface area (Å²) in [6.45, 7) is 0. The van der Waals surface area contributed by atoms with Crippen LogP contribution >= 0.6 is 23.2 Å². The number of halogens is 3. The lowest BCUT2D eigenvalue weighted by Gasteiger charge is -2.09. The quantitative estimate of drug-likeness (QED) is 0.688. The third-order valence-corrected chi connectivity index (χ3v) is 4.99. The SMILES string of the molecule is Nc1cc(F)ccc1S(=O)(=O)Cc1ccc(Cl)cc1Cl. The molecule has 0 saturated carbocycles. The van der Waals surface area contributed by atoms with Crippen LogP contribution in [0.3, 0.4) is 0 Å². The molecule has 20 heavy (non-hydrogen) atoms. The van der Waals surface area contributed by atoms with Gasteiger partial charge in [-0.25, -0.2) is 12.8 Å². The van der Waals surface area contributed by atoms with Crippen molar-refractivity contribution in [1.82, 2.24) is 0 Å². The van der Waals surface area contributed by atoms with Gasteiger partial charge in [-0.1, -0.05) is 29.3 Å². The highest BCUT2D eigenvalue weighted by atomic mass is 35.5. The van der Waals surface area contributed by atoms with Crippen molar-refractivity contribution in [2.24, 2.45) is 0 Å². The van der Waals surface area contributed by atoms with Crippen LogP contribution in [0.1, 0.15) is 5.56 Å². The number of hydrogen-bond donors (Lipinski definition) is 1. The highest BCUT2D eigenvalue weighted by Gasteiger charge is 2.20. The molecule has 0 radical (unpaired) electrons. The molecule has 0 spiro atoms. The number of nitrogens with two attached hydrogens (primary N) is 1. The third kappa shape index (κ3) is 3.23. The number of anilines is 1. The maximum atomic E-state index is 13.0. The molecule has 2 N–H and O–H groups in total. The topological polar surface area (TPSA) is 60.2 Å². The second-order valence-corrected chi connectivity index (χ2v) is 6.98. The van der Waals surface area contributed by atoms with Gasteiger partial charge in [0.1, 0.15) is 5.82 Å². The standard InChI is InChI=1S/C13H10Cl2FNO2S/c14-9-2-1-8(11(15)5-9)7-20(18,19)13-4-3-10(16)6-12(13)17/h1-6H,7,17H2. The lowest BCUT2D eigenvalue weighted by molar-refractivity contribution is 0.594. The van der Waals surface area contributed by atoms with E-state index in [1.165, 1.54) is 12.1 Å². The Kier molecular flexibility index (Phi) is 4.22. The van der Waals surface area contributed by atoms with Crippen LogP contribution in [0.25, 0.3) is 0 Å². The summed E-state index contributed by atoms with van der Waals surface area (Å²) in [5, 5.41) is 0.666. The van der Waals surface area contributed by atoms with Gasteiger partial charge in [-0.05, 0) is 35.9 Å². The first-order valence-electron chi connectivity index (χ1n) is 5.51. The Morgan fingerprint density at radius 1 is 1.10 bits per heavy atom. The van der Waals surface area contributed by atoms with E-state index in [1.54, 1.807) is 6.07 Å². The molecule has 0 aliphatic rings. The molecule has 106 valence electrons. The van der Waals surface area contributed by atoms with Crippen LogP contribution in [-0.2, 0) is 15.6 Å². The maximum absolute atomic E-state index is 13.0. The van der Waals surface area contributed by atoms with Crippen molar-refractivity contribution >= 4 is 38.7 Å². The molecule has 0 aliphatic carbocycles. The first-order chi connectivity index (χ1) is 9.29. The molecule has 0 aromatic heterocycles. The Bertz CT molecular complexity index is 763. The van der Waals surface area contributed by atoms with Gasteiger partial charge in [0.15, 0.2) is 9.84 Å². The Morgan fingerprint density at radius 3 is 2.40 bits per heavy atom. The van der Waals surface area contributed by atoms with Crippen LogP contribution in [0, 0.1) is 5.82 Å². The second-order valence-electron chi connectivity index (χ2n) is 4.18. The predicted octanol–water partition coefficient (Wildman–Crippen LogP) is 3.69. The lowest BCUT2D eigenvalue weighted by atomic mass is 10.2. The minimum Gasteiger partial charge on any atom is -0.398 e. The van der Waals surface area contributed by atoms with Gasteiger partial charge in [-0.2, -0.15) is 0 Å². The molecule has 0 bridgehead atoms. The molecular formula is C13H10Cl2FNO2S. The van der Waals surface area contributed by atoms with Crippen LogP contribution in [-0.4, -0.2) is 8.42 Å². The van der Waals surface area contributed by atoms with Crippen LogP contribution in [0.2, 0.25) is 10.0 Å². The average molecular weight is 334 g/mol. The summed E-state index contributed by atoms with van der Waals surface area (Å²) in [4.78, 5) is -0.120. The van der Waals surface area contributed by atoms with Gasteiger partial charge in [-0.15, -0.1) is 0 Å². The molecule has 0 atom stereocenters. The number of rotatable bonds is 3. The number of hydrogen-bond acceptors (Lipinski definition) is 3. The monoisotopic (exact) mass is 333 g/mol. The Hall–Kier alpha value is -1.30. The van der Waals surface area contributed by atoms with Crippen LogP contribution in [0.4, 0.5) is 10.1 Å². The molecule has 0 amide bonds. The summed E-state index contributed by atoms with van der Waals surface area (Å²) < 4.78 is 37.5. The van der Waals surface area contributed by atoms with Gasteiger partial charge in [0.25, 0.3) is 0 Å². The van der Waals surface area contributed by atoms with Crippen molar-refractivity contribution in [3.8, 4) is 0 Å². The fraction of sp³-hybridized carbons (Fsp3) is 0.0769. The van der Waals surface area contributed by atoms with Gasteiger partial charge >= 0.3 is 0 Å². The predicted molar refractivity (Wildman–Crippen MR) is 78.2 cm³/mol. The largest absolute Gasteiger partial charge is 0.398 e. The van der Waals surface area contributed by atoms with Crippen molar-refractivity contribution < 1.29 is 12.8 Å². The molecule has 0 fully saturated rings. The van der Waals surface area contributed by atoms with Gasteiger partial charge in [0.2, 0.25) is 0 Å². The zero-order valence-corrected chi connectivity index (χ0v) is 12.4. The van der Waals surface area contributed by atoms with Crippen LogP contribution in [0.15, 0.2) is 41.3 Å². The summed E-state index contributed by atoms with van der Waals surface area (Å²) in [7, 11) is -3.72. The van der Waals surface area contributed by atoms with Crippen molar-refractivity contribution in [2.45, 2.75) is 10.6 Å². The van der Waals surface area contributed by atoms with E-state index in [1.807, 2.05) is 0 Å². The minimum absolute atomic E-state index is 0.120. The highest BCUT2D eigenvalue weighted by Crippen LogP contribution is 2.27. The smallest absolute Gasteiger partial charge is 0.184 e. The van der Waals surface area contributed by atoms with E-state index in [9.17, 15) is 12.8 Å². The van der Waals surface area contributed by atoms with E-state index in [4.69, 9.17) is 28.9 Å². The van der Waals surface area contributed by atoms with Crippen molar-refractivity contribution in [2.75, 3.05) is 5.73 Å². The first-order valence-corrected chi connectivity index (χ1v) is 7.92. The number of sulfone groups is 1. The average Bonchev–Trinajstić information content (AvgIpc) is 2.32. The van der Waals surface area contributed by atoms with E-state index in [0.717, 1.165) is 18.2 Å². The summed E-state index contributed by atoms with van der Waals surface area (Å²) in [5.74, 6) is -0.926. The molecular weight excluding hydrogens is 324 g/mol. The zero-order valence-electron chi connectivity index (χ0n) is 10.1. The van der Waals surface area contributed by atoms with Gasteiger partial charge < -0.3 is 5.73 Å². The van der Waals surface area contributed by atoms with Crippen molar-refractivity contribution in [3.05, 3.63) is 57.8 Å². The summed E-state index contributed by atoms with van der Waals surface area (Å²) in [6, 6.07) is 7.70. The lowest BCUT2D eigenvalue weighted by Crippen LogP contribution is -2.08. The molecule has 7 heteroatoms. The van der Waals surface area contributed by atoms with Gasteiger partial charge in [-0.3, -0.25) is 0 Å². The Labute approximate surface area is 126 Å². The van der Waals surface area contributed by atoms with Gasteiger partial charge in [0.05, 0.1) is 16.3 Å². The number of nitrogen functional groups attached to an aromatic ring is 1. The summed E-state index contributed by atoms with van der Waals surface area (Å²) >= 11 is 11.7. The fourth-order valence-electron chi connectivity index (χ4n) is 1.72. The summed E-state index contributed by atoms with van der Waals surface area (Å²) in [6.07, 6.45) is 0. The molecule has 2 aromatic carbocycles. The van der Waals surface area contributed by atoms with E-state index in [0.29, 0.717) is 10.6 Å². The van der Waals surface area contributed by atoms with Gasteiger partial charge in [0, 0.05) is 10.0 Å². The minimum atomic E-state index is -3.72. The third-order valence-electron chi connectivity index (χ3n) is 2.67. The van der Waals surface area contributed by atoms with Crippen LogP contribution < -0.4 is 5.73 Å².